The molecule has 0 radical (unpaired) electrons. The number of hydrogen-bond acceptors (Lipinski definition) is 6. The molecule has 0 aliphatic carbocycles. The van der Waals surface area contributed by atoms with Crippen molar-refractivity contribution in [3.8, 4) is 0 Å². The van der Waals surface area contributed by atoms with Crippen LogP contribution in [0.15, 0.2) is 24.0 Å². The molecule has 0 aliphatic heterocycles. The maximum atomic E-state index is 12.2. The van der Waals surface area contributed by atoms with E-state index in [2.05, 4.69) is 25.6 Å². The largest absolute Gasteiger partial charge is 0.369 e. The molecule has 0 bridgehead atoms. The fourth-order valence-corrected chi connectivity index (χ4v) is 2.37. The first-order valence-electron chi connectivity index (χ1n) is 6.31. The summed E-state index contributed by atoms with van der Waals surface area (Å²) in [5.74, 6) is 0.393. The zero-order valence-corrected chi connectivity index (χ0v) is 12.5. The number of thiazole rings is 1. The molecular weight excluding hydrogens is 274 g/mol. The van der Waals surface area contributed by atoms with Gasteiger partial charge in [-0.05, 0) is 20.8 Å². The van der Waals surface area contributed by atoms with Crippen LogP contribution >= 0.6 is 11.3 Å². The van der Waals surface area contributed by atoms with Crippen molar-refractivity contribution in [1.82, 2.24) is 20.3 Å². The molecule has 20 heavy (non-hydrogen) atoms. The number of carbonyl (C=O) groups excluding carboxylic acids is 1. The van der Waals surface area contributed by atoms with Gasteiger partial charge in [0.05, 0.1) is 17.9 Å². The zero-order valence-electron chi connectivity index (χ0n) is 11.7. The molecule has 106 valence electrons. The van der Waals surface area contributed by atoms with Crippen molar-refractivity contribution in [3.63, 3.8) is 0 Å². The lowest BCUT2D eigenvalue weighted by Crippen LogP contribution is -2.41. The first-order valence-corrected chi connectivity index (χ1v) is 7.19. The van der Waals surface area contributed by atoms with Gasteiger partial charge in [0.1, 0.15) is 16.5 Å². The minimum atomic E-state index is -0.534. The van der Waals surface area contributed by atoms with E-state index in [0.717, 1.165) is 11.6 Å². The van der Waals surface area contributed by atoms with Crippen LogP contribution in [0, 0.1) is 0 Å². The summed E-state index contributed by atoms with van der Waals surface area (Å²) in [6.45, 7) is 6.55. The minimum absolute atomic E-state index is 0.263. The lowest BCUT2D eigenvalue weighted by molar-refractivity contribution is 0.0906. The third-order valence-corrected chi connectivity index (χ3v) is 3.73. The summed E-state index contributed by atoms with van der Waals surface area (Å²) in [5.41, 5.74) is -0.246. The highest BCUT2D eigenvalue weighted by molar-refractivity contribution is 7.09. The predicted octanol–water partition coefficient (Wildman–Crippen LogP) is 2.03. The molecule has 0 atom stereocenters. The molecule has 1 amide bonds. The van der Waals surface area contributed by atoms with E-state index >= 15 is 0 Å². The van der Waals surface area contributed by atoms with E-state index < -0.39 is 5.54 Å². The first kappa shape index (κ1) is 14.4. The fourth-order valence-electron chi connectivity index (χ4n) is 1.65. The third kappa shape index (κ3) is 3.30. The molecule has 2 heterocycles. The van der Waals surface area contributed by atoms with Gasteiger partial charge >= 0.3 is 0 Å². The molecule has 7 heteroatoms. The van der Waals surface area contributed by atoms with Crippen molar-refractivity contribution >= 4 is 23.1 Å². The van der Waals surface area contributed by atoms with E-state index in [1.807, 2.05) is 26.2 Å². The monoisotopic (exact) mass is 291 g/mol. The fraction of sp³-hybridized carbons (Fsp3) is 0.385. The van der Waals surface area contributed by atoms with Gasteiger partial charge in [0.15, 0.2) is 0 Å². The van der Waals surface area contributed by atoms with Crippen molar-refractivity contribution in [2.75, 3.05) is 11.9 Å². The van der Waals surface area contributed by atoms with Gasteiger partial charge in [0, 0.05) is 18.1 Å². The lowest BCUT2D eigenvalue weighted by Gasteiger charge is -2.23. The summed E-state index contributed by atoms with van der Waals surface area (Å²) >= 11 is 1.50. The third-order valence-electron chi connectivity index (χ3n) is 2.64. The highest BCUT2D eigenvalue weighted by Gasteiger charge is 2.26. The standard InChI is InChI=1S/C13H17N5OS/c1-4-14-10-8-16-9(7-17-10)11(19)18-13(2,3)12-15-5-6-20-12/h5-8H,4H2,1-3H3,(H,14,17)(H,18,19). The predicted molar refractivity (Wildman–Crippen MR) is 78.8 cm³/mol. The van der Waals surface area contributed by atoms with Gasteiger partial charge in [0.25, 0.3) is 5.91 Å². The van der Waals surface area contributed by atoms with E-state index in [9.17, 15) is 4.79 Å². The van der Waals surface area contributed by atoms with E-state index in [1.54, 1.807) is 12.4 Å². The van der Waals surface area contributed by atoms with Crippen LogP contribution in [-0.4, -0.2) is 27.4 Å². The van der Waals surface area contributed by atoms with Crippen LogP contribution in [0.5, 0.6) is 0 Å². The van der Waals surface area contributed by atoms with Gasteiger partial charge in [-0.25, -0.2) is 15.0 Å². The van der Waals surface area contributed by atoms with Gasteiger partial charge in [0.2, 0.25) is 0 Å². The highest BCUT2D eigenvalue weighted by Crippen LogP contribution is 2.22. The van der Waals surface area contributed by atoms with Gasteiger partial charge < -0.3 is 10.6 Å². The molecule has 0 spiro atoms. The van der Waals surface area contributed by atoms with Gasteiger partial charge in [-0.1, -0.05) is 0 Å². The summed E-state index contributed by atoms with van der Waals surface area (Å²) in [6, 6.07) is 0. The number of amides is 1. The van der Waals surface area contributed by atoms with Crippen LogP contribution in [0.3, 0.4) is 0 Å². The Balaban J connectivity index is 2.08. The number of anilines is 1. The number of nitrogens with zero attached hydrogens (tertiary/aromatic N) is 3. The molecule has 0 aromatic carbocycles. The van der Waals surface area contributed by atoms with Crippen molar-refractivity contribution < 1.29 is 4.79 Å². The van der Waals surface area contributed by atoms with Crippen LogP contribution in [0.25, 0.3) is 0 Å². The smallest absolute Gasteiger partial charge is 0.272 e. The van der Waals surface area contributed by atoms with Crippen LogP contribution in [0.1, 0.15) is 36.3 Å². The van der Waals surface area contributed by atoms with Crippen LogP contribution in [0.2, 0.25) is 0 Å². The Bertz CT molecular complexity index is 565. The molecule has 0 aliphatic rings. The molecule has 6 nitrogen and oxygen atoms in total. The second-order valence-corrected chi connectivity index (χ2v) is 5.63. The lowest BCUT2D eigenvalue weighted by atomic mass is 10.1. The summed E-state index contributed by atoms with van der Waals surface area (Å²) < 4.78 is 0. The molecule has 2 aromatic rings. The average molecular weight is 291 g/mol. The molecule has 0 saturated carbocycles. The molecular formula is C13H17N5OS. The number of carbonyl (C=O) groups is 1. The van der Waals surface area contributed by atoms with Crippen LogP contribution < -0.4 is 10.6 Å². The molecule has 0 saturated heterocycles. The summed E-state index contributed by atoms with van der Waals surface area (Å²) in [4.78, 5) is 24.6. The Morgan fingerprint density at radius 2 is 2.10 bits per heavy atom. The topological polar surface area (TPSA) is 79.8 Å². The Hall–Kier alpha value is -2.02. The van der Waals surface area contributed by atoms with Gasteiger partial charge in [-0.15, -0.1) is 11.3 Å². The summed E-state index contributed by atoms with van der Waals surface area (Å²) in [6.07, 6.45) is 4.74. The Labute approximate surface area is 121 Å². The normalized spacial score (nSPS) is 11.2. The molecule has 2 N–H and O–H groups in total. The molecule has 2 rings (SSSR count). The highest BCUT2D eigenvalue weighted by atomic mass is 32.1. The number of rotatable bonds is 5. The van der Waals surface area contributed by atoms with Crippen LogP contribution in [-0.2, 0) is 5.54 Å². The van der Waals surface area contributed by atoms with Gasteiger partial charge in [-0.2, -0.15) is 0 Å². The Morgan fingerprint density at radius 1 is 1.30 bits per heavy atom. The maximum Gasteiger partial charge on any atom is 0.272 e. The van der Waals surface area contributed by atoms with Crippen molar-refractivity contribution in [2.24, 2.45) is 0 Å². The molecule has 0 unspecified atom stereocenters. The zero-order chi connectivity index (χ0) is 14.6. The average Bonchev–Trinajstić information content (AvgIpc) is 2.94. The molecule has 0 fully saturated rings. The molecule has 2 aromatic heterocycles. The number of aromatic nitrogens is 3. The van der Waals surface area contributed by atoms with E-state index in [4.69, 9.17) is 0 Å². The Morgan fingerprint density at radius 3 is 2.65 bits per heavy atom. The van der Waals surface area contributed by atoms with E-state index in [1.165, 1.54) is 17.5 Å². The second-order valence-electron chi connectivity index (χ2n) is 4.73. The van der Waals surface area contributed by atoms with Crippen molar-refractivity contribution in [2.45, 2.75) is 26.3 Å². The first-order chi connectivity index (χ1) is 9.53. The van der Waals surface area contributed by atoms with E-state index in [-0.39, 0.29) is 11.6 Å². The Kier molecular flexibility index (Phi) is 4.29. The van der Waals surface area contributed by atoms with Crippen LogP contribution in [0.4, 0.5) is 5.82 Å². The minimum Gasteiger partial charge on any atom is -0.369 e. The number of nitrogens with one attached hydrogen (secondary N) is 2. The van der Waals surface area contributed by atoms with Gasteiger partial charge in [-0.3, -0.25) is 4.79 Å². The summed E-state index contributed by atoms with van der Waals surface area (Å²) in [7, 11) is 0. The second kappa shape index (κ2) is 5.96. The quantitative estimate of drug-likeness (QED) is 0.881. The van der Waals surface area contributed by atoms with E-state index in [0.29, 0.717) is 5.82 Å². The van der Waals surface area contributed by atoms with Crippen molar-refractivity contribution in [3.05, 3.63) is 34.7 Å². The SMILES string of the molecule is CCNc1cnc(C(=O)NC(C)(C)c2nccs2)cn1. The maximum absolute atomic E-state index is 12.2. The summed E-state index contributed by atoms with van der Waals surface area (Å²) in [5, 5.41) is 8.68. The van der Waals surface area contributed by atoms with Crippen molar-refractivity contribution in [1.29, 1.82) is 0 Å². The number of hydrogen-bond donors (Lipinski definition) is 2.